The van der Waals surface area contributed by atoms with Crippen LogP contribution in [0.4, 0.5) is 0 Å². The second-order valence-corrected chi connectivity index (χ2v) is 4.67. The van der Waals surface area contributed by atoms with Gasteiger partial charge in [0, 0.05) is 5.02 Å². The van der Waals surface area contributed by atoms with E-state index in [1.165, 1.54) is 0 Å². The predicted octanol–water partition coefficient (Wildman–Crippen LogP) is 3.39. The van der Waals surface area contributed by atoms with Crippen molar-refractivity contribution < 1.29 is 14.3 Å². The molecule has 0 bridgehead atoms. The number of rotatable bonds is 4. The molecule has 0 radical (unpaired) electrons. The molecular formula is C14H14BClO3. The van der Waals surface area contributed by atoms with Crippen LogP contribution >= 0.6 is 11.6 Å². The molecule has 0 atom stereocenters. The number of hydrogen-bond acceptors (Lipinski definition) is 3. The van der Waals surface area contributed by atoms with Crippen molar-refractivity contribution in [1.29, 1.82) is 0 Å². The zero-order valence-corrected chi connectivity index (χ0v) is 11.5. The van der Waals surface area contributed by atoms with Crippen molar-refractivity contribution in [2.75, 3.05) is 0 Å². The maximum Gasteiger partial charge on any atom is 0.785 e. The van der Waals surface area contributed by atoms with Gasteiger partial charge in [-0.25, -0.2) is 0 Å². The zero-order valence-electron chi connectivity index (χ0n) is 10.8. The molecular weight excluding hydrogens is 262 g/mol. The van der Waals surface area contributed by atoms with Gasteiger partial charge in [0.2, 0.25) is 0 Å². The fourth-order valence-corrected chi connectivity index (χ4v) is 1.69. The van der Waals surface area contributed by atoms with Gasteiger partial charge in [-0.1, -0.05) is 35.4 Å². The Morgan fingerprint density at radius 1 is 0.947 bits per heavy atom. The van der Waals surface area contributed by atoms with E-state index in [9.17, 15) is 5.02 Å². The molecule has 3 nitrogen and oxygen atoms in total. The average molecular weight is 277 g/mol. The highest BCUT2D eigenvalue weighted by molar-refractivity contribution is 6.37. The molecule has 5 heteroatoms. The third-order valence-corrected chi connectivity index (χ3v) is 3.05. The second kappa shape index (κ2) is 6.00. The lowest BCUT2D eigenvalue weighted by Gasteiger charge is -2.11. The van der Waals surface area contributed by atoms with Gasteiger partial charge < -0.3 is 14.3 Å². The Hall–Kier alpha value is -1.65. The van der Waals surface area contributed by atoms with Crippen molar-refractivity contribution in [3.8, 4) is 11.5 Å². The number of halogens is 1. The first-order chi connectivity index (χ1) is 9.04. The second-order valence-electron chi connectivity index (χ2n) is 4.27. The smallest absolute Gasteiger partial charge is 0.501 e. The van der Waals surface area contributed by atoms with E-state index in [0.717, 1.165) is 11.1 Å². The van der Waals surface area contributed by atoms with E-state index < -0.39 is 7.32 Å². The van der Waals surface area contributed by atoms with E-state index in [1.54, 1.807) is 24.3 Å². The molecule has 1 N–H and O–H groups in total. The Morgan fingerprint density at radius 2 is 1.53 bits per heavy atom. The molecule has 0 spiro atoms. The molecule has 2 aromatic rings. The van der Waals surface area contributed by atoms with E-state index >= 15 is 0 Å². The van der Waals surface area contributed by atoms with Gasteiger partial charge in [0.1, 0.15) is 11.5 Å². The van der Waals surface area contributed by atoms with Crippen LogP contribution in [0.1, 0.15) is 11.1 Å². The van der Waals surface area contributed by atoms with Crippen LogP contribution in [0.3, 0.4) is 0 Å². The quantitative estimate of drug-likeness (QED) is 0.870. The first-order valence-corrected chi connectivity index (χ1v) is 6.26. The van der Waals surface area contributed by atoms with Crippen LogP contribution in [-0.2, 0) is 0 Å². The average Bonchev–Trinajstić information content (AvgIpc) is 2.37. The highest BCUT2D eigenvalue weighted by atomic mass is 35.5. The summed E-state index contributed by atoms with van der Waals surface area (Å²) in [6.07, 6.45) is 0. The van der Waals surface area contributed by atoms with Gasteiger partial charge in [-0.05, 0) is 43.7 Å². The summed E-state index contributed by atoms with van der Waals surface area (Å²) in [6, 6.07) is 12.5. The number of aryl methyl sites for hydroxylation is 2. The minimum atomic E-state index is -1.37. The van der Waals surface area contributed by atoms with Crippen molar-refractivity contribution in [2.24, 2.45) is 0 Å². The molecule has 0 aromatic heterocycles. The lowest BCUT2D eigenvalue weighted by Crippen LogP contribution is -2.29. The fourth-order valence-electron chi connectivity index (χ4n) is 1.52. The van der Waals surface area contributed by atoms with Crippen molar-refractivity contribution in [1.82, 2.24) is 0 Å². The van der Waals surface area contributed by atoms with Crippen LogP contribution in [0.15, 0.2) is 42.5 Å². The molecule has 0 aliphatic rings. The van der Waals surface area contributed by atoms with E-state index in [2.05, 4.69) is 0 Å². The van der Waals surface area contributed by atoms with E-state index in [0.29, 0.717) is 16.5 Å². The summed E-state index contributed by atoms with van der Waals surface area (Å²) in [5, 5.41) is 10.3. The van der Waals surface area contributed by atoms with Crippen LogP contribution in [0.25, 0.3) is 0 Å². The SMILES string of the molecule is Cc1ccc(OB(O)Oc2ccc(C)c(Cl)c2)cc1. The Balaban J connectivity index is 1.98. The minimum absolute atomic E-state index is 0.454. The molecule has 0 fully saturated rings. The molecule has 0 amide bonds. The predicted molar refractivity (Wildman–Crippen MR) is 76.6 cm³/mol. The van der Waals surface area contributed by atoms with Gasteiger partial charge in [-0.3, -0.25) is 0 Å². The van der Waals surface area contributed by atoms with Crippen LogP contribution in [-0.4, -0.2) is 12.3 Å². The van der Waals surface area contributed by atoms with Crippen molar-refractivity contribution in [3.63, 3.8) is 0 Å². The summed E-state index contributed by atoms with van der Waals surface area (Å²) in [5.41, 5.74) is 2.07. The molecule has 2 aromatic carbocycles. The Labute approximate surface area is 117 Å². The molecule has 98 valence electrons. The van der Waals surface area contributed by atoms with Crippen LogP contribution in [0, 0.1) is 13.8 Å². The minimum Gasteiger partial charge on any atom is -0.501 e. The zero-order chi connectivity index (χ0) is 13.8. The van der Waals surface area contributed by atoms with Gasteiger partial charge in [0.15, 0.2) is 0 Å². The van der Waals surface area contributed by atoms with Crippen LogP contribution in [0.2, 0.25) is 5.02 Å². The summed E-state index contributed by atoms with van der Waals surface area (Å²) in [5.74, 6) is 0.992. The summed E-state index contributed by atoms with van der Waals surface area (Å²) >= 11 is 5.97. The molecule has 0 aliphatic carbocycles. The molecule has 0 unspecified atom stereocenters. The molecule has 2 rings (SSSR count). The summed E-state index contributed by atoms with van der Waals surface area (Å²) in [4.78, 5) is 0. The first kappa shape index (κ1) is 13.8. The molecule has 0 saturated heterocycles. The largest absolute Gasteiger partial charge is 0.785 e. The van der Waals surface area contributed by atoms with Gasteiger partial charge in [0.25, 0.3) is 0 Å². The summed E-state index contributed by atoms with van der Waals surface area (Å²) < 4.78 is 10.5. The monoisotopic (exact) mass is 276 g/mol. The van der Waals surface area contributed by atoms with Crippen molar-refractivity contribution in [2.45, 2.75) is 13.8 Å². The van der Waals surface area contributed by atoms with E-state index in [1.807, 2.05) is 32.0 Å². The number of hydrogen-bond donors (Lipinski definition) is 1. The highest BCUT2D eigenvalue weighted by Crippen LogP contribution is 2.22. The standard InChI is InChI=1S/C14H14BClO3/c1-10-3-6-12(7-4-10)18-15(17)19-13-8-5-11(2)14(16)9-13/h3-9,17H,1-2H3. The van der Waals surface area contributed by atoms with Gasteiger partial charge in [0.05, 0.1) is 0 Å². The normalized spacial score (nSPS) is 10.1. The highest BCUT2D eigenvalue weighted by Gasteiger charge is 2.21. The molecule has 0 heterocycles. The maximum atomic E-state index is 9.70. The van der Waals surface area contributed by atoms with Gasteiger partial charge >= 0.3 is 7.32 Å². The van der Waals surface area contributed by atoms with E-state index in [-0.39, 0.29) is 0 Å². The third kappa shape index (κ3) is 3.91. The van der Waals surface area contributed by atoms with Crippen LogP contribution < -0.4 is 9.31 Å². The molecule has 19 heavy (non-hydrogen) atoms. The Kier molecular flexibility index (Phi) is 4.35. The van der Waals surface area contributed by atoms with Gasteiger partial charge in [-0.2, -0.15) is 0 Å². The van der Waals surface area contributed by atoms with Crippen molar-refractivity contribution in [3.05, 3.63) is 58.6 Å². The molecule has 0 aliphatic heterocycles. The Bertz CT molecular complexity index is 557. The van der Waals surface area contributed by atoms with Crippen molar-refractivity contribution >= 4 is 18.9 Å². The lowest BCUT2D eigenvalue weighted by molar-refractivity contribution is 0.298. The summed E-state index contributed by atoms with van der Waals surface area (Å²) in [7, 11) is -1.37. The van der Waals surface area contributed by atoms with Gasteiger partial charge in [-0.15, -0.1) is 0 Å². The summed E-state index contributed by atoms with van der Waals surface area (Å²) in [6.45, 7) is 3.87. The topological polar surface area (TPSA) is 38.7 Å². The van der Waals surface area contributed by atoms with Crippen LogP contribution in [0.5, 0.6) is 11.5 Å². The lowest BCUT2D eigenvalue weighted by atomic mass is 10.2. The van der Waals surface area contributed by atoms with E-state index in [4.69, 9.17) is 20.9 Å². The third-order valence-electron chi connectivity index (χ3n) is 2.64. The first-order valence-electron chi connectivity index (χ1n) is 5.89. The maximum absolute atomic E-state index is 9.70. The molecule has 0 saturated carbocycles. The number of benzene rings is 2. The Morgan fingerprint density at radius 3 is 2.16 bits per heavy atom. The fraction of sp³-hybridized carbons (Fsp3) is 0.143.